The fraction of sp³-hybridized carbons (Fsp3) is 0.258. The van der Waals surface area contributed by atoms with Crippen LogP contribution in [0.3, 0.4) is 0 Å². The monoisotopic (exact) mass is 499 g/mol. The Morgan fingerprint density at radius 3 is 2.19 bits per heavy atom. The van der Waals surface area contributed by atoms with Gasteiger partial charge in [-0.15, -0.1) is 0 Å². The Hall–Kier alpha value is -3.87. The summed E-state index contributed by atoms with van der Waals surface area (Å²) in [6.07, 6.45) is 4.12. The summed E-state index contributed by atoms with van der Waals surface area (Å²) in [6, 6.07) is 23.9. The third kappa shape index (κ3) is 7.81. The number of hydrogen-bond donors (Lipinski definition) is 2. The minimum absolute atomic E-state index is 0.0703. The van der Waals surface area contributed by atoms with Crippen molar-refractivity contribution in [2.75, 3.05) is 33.8 Å². The quantitative estimate of drug-likeness (QED) is 0.163. The molecule has 0 radical (unpaired) electrons. The van der Waals surface area contributed by atoms with Crippen LogP contribution in [0.5, 0.6) is 11.5 Å². The van der Waals surface area contributed by atoms with E-state index in [0.29, 0.717) is 19.7 Å². The van der Waals surface area contributed by atoms with Gasteiger partial charge in [0.05, 0.1) is 0 Å². The fourth-order valence-electron chi connectivity index (χ4n) is 4.08. The lowest BCUT2D eigenvalue weighted by molar-refractivity contribution is -0.123. The summed E-state index contributed by atoms with van der Waals surface area (Å²) in [6.45, 7) is 5.71. The van der Waals surface area contributed by atoms with Crippen molar-refractivity contribution in [3.05, 3.63) is 107 Å². The summed E-state index contributed by atoms with van der Waals surface area (Å²) < 4.78 is 5.92. The predicted octanol–water partition coefficient (Wildman–Crippen LogP) is 5.27. The summed E-state index contributed by atoms with van der Waals surface area (Å²) in [4.78, 5) is 13.1. The molecule has 3 aromatic rings. The minimum Gasteiger partial charge on any atom is -0.508 e. The van der Waals surface area contributed by atoms with Gasteiger partial charge in [-0.2, -0.15) is 0 Å². The summed E-state index contributed by atoms with van der Waals surface area (Å²) in [5.74, 6) is 6.94. The molecular formula is C31H37N3O3. The van der Waals surface area contributed by atoms with Crippen molar-refractivity contribution < 1.29 is 14.6 Å². The molecule has 0 bridgehead atoms. The second-order valence-corrected chi connectivity index (χ2v) is 9.07. The van der Waals surface area contributed by atoms with E-state index in [4.69, 9.17) is 10.6 Å². The van der Waals surface area contributed by atoms with Gasteiger partial charge in [0.15, 0.2) is 0 Å². The van der Waals surface area contributed by atoms with Gasteiger partial charge in [0.2, 0.25) is 5.91 Å². The van der Waals surface area contributed by atoms with Crippen LogP contribution < -0.4 is 10.6 Å². The Labute approximate surface area is 220 Å². The number of hydrazine groups is 1. The Kier molecular flexibility index (Phi) is 10.1. The number of phenols is 1. The highest BCUT2D eigenvalue weighted by atomic mass is 16.5. The summed E-state index contributed by atoms with van der Waals surface area (Å²) in [7, 11) is 3.42. The third-order valence-corrected chi connectivity index (χ3v) is 6.11. The first-order valence-corrected chi connectivity index (χ1v) is 12.5. The molecule has 0 fully saturated rings. The summed E-state index contributed by atoms with van der Waals surface area (Å²) in [5, 5.41) is 11.5. The SMILES string of the molecule is CC/C(=C(\c1ccc(O)cc1)c1ccc(OCCN(N)C/C=C/C(=O)N(C)C)cc1)c1ccccc1C. The zero-order valence-corrected chi connectivity index (χ0v) is 22.1. The minimum atomic E-state index is -0.0703. The number of amides is 1. The molecule has 6 nitrogen and oxygen atoms in total. The molecule has 0 atom stereocenters. The first-order valence-electron chi connectivity index (χ1n) is 12.5. The zero-order chi connectivity index (χ0) is 26.8. The number of allylic oxidation sites excluding steroid dienone is 1. The highest BCUT2D eigenvalue weighted by Gasteiger charge is 2.15. The first-order chi connectivity index (χ1) is 17.8. The number of carbonyl (C=O) groups is 1. The van der Waals surface area contributed by atoms with Gasteiger partial charge < -0.3 is 14.7 Å². The van der Waals surface area contributed by atoms with Gasteiger partial charge in [-0.25, -0.2) is 5.01 Å². The van der Waals surface area contributed by atoms with Crippen LogP contribution in [0.2, 0.25) is 0 Å². The number of carbonyl (C=O) groups excluding carboxylic acids is 1. The number of hydrogen-bond acceptors (Lipinski definition) is 5. The van der Waals surface area contributed by atoms with Crippen LogP contribution in [-0.2, 0) is 4.79 Å². The molecule has 194 valence electrons. The molecule has 0 aliphatic rings. The number of nitrogens with zero attached hydrogens (tertiary/aromatic N) is 2. The molecule has 0 aliphatic heterocycles. The molecule has 37 heavy (non-hydrogen) atoms. The van der Waals surface area contributed by atoms with Crippen molar-refractivity contribution in [2.45, 2.75) is 20.3 Å². The van der Waals surface area contributed by atoms with Crippen molar-refractivity contribution in [1.82, 2.24) is 9.91 Å². The molecule has 0 saturated carbocycles. The maximum Gasteiger partial charge on any atom is 0.245 e. The highest BCUT2D eigenvalue weighted by Crippen LogP contribution is 2.36. The molecule has 0 heterocycles. The van der Waals surface area contributed by atoms with E-state index in [1.54, 1.807) is 37.3 Å². The van der Waals surface area contributed by atoms with Crippen LogP contribution in [0.25, 0.3) is 11.1 Å². The standard InChI is InChI=1S/C31H37N3O3/c1-5-28(29-10-7-6-9-23(29)2)31(24-12-16-26(35)17-13-24)25-14-18-27(19-15-25)37-22-21-34(32)20-8-11-30(36)33(3)4/h6-19,35H,5,20-22,32H2,1-4H3/b11-8+,31-28-. The second kappa shape index (κ2) is 13.4. The van der Waals surface area contributed by atoms with Crippen molar-refractivity contribution in [1.29, 1.82) is 0 Å². The lowest BCUT2D eigenvalue weighted by atomic mass is 9.86. The van der Waals surface area contributed by atoms with E-state index in [0.717, 1.165) is 28.9 Å². The Morgan fingerprint density at radius 2 is 1.59 bits per heavy atom. The number of ether oxygens (including phenoxy) is 1. The lowest BCUT2D eigenvalue weighted by Gasteiger charge is -2.18. The van der Waals surface area contributed by atoms with E-state index in [-0.39, 0.29) is 11.7 Å². The van der Waals surface area contributed by atoms with Crippen molar-refractivity contribution in [2.24, 2.45) is 5.84 Å². The molecule has 3 rings (SSSR count). The van der Waals surface area contributed by atoms with Crippen molar-refractivity contribution in [3.63, 3.8) is 0 Å². The Balaban J connectivity index is 1.77. The van der Waals surface area contributed by atoms with Crippen molar-refractivity contribution >= 4 is 17.1 Å². The number of aryl methyl sites for hydroxylation is 1. The van der Waals surface area contributed by atoms with Gasteiger partial charge in [0.25, 0.3) is 0 Å². The Bertz CT molecular complexity index is 1230. The molecule has 1 amide bonds. The van der Waals surface area contributed by atoms with Gasteiger partial charge >= 0.3 is 0 Å². The average Bonchev–Trinajstić information content (AvgIpc) is 2.89. The number of likely N-dealkylation sites (N-methyl/N-ethyl adjacent to an activating group) is 1. The number of nitrogens with two attached hydrogens (primary N) is 1. The van der Waals surface area contributed by atoms with E-state index in [9.17, 15) is 9.90 Å². The van der Waals surface area contributed by atoms with E-state index < -0.39 is 0 Å². The third-order valence-electron chi connectivity index (χ3n) is 6.11. The molecule has 0 spiro atoms. The molecule has 0 saturated heterocycles. The topological polar surface area (TPSA) is 79.0 Å². The van der Waals surface area contributed by atoms with Crippen LogP contribution in [0.15, 0.2) is 84.9 Å². The van der Waals surface area contributed by atoms with Gasteiger partial charge in [0.1, 0.15) is 18.1 Å². The average molecular weight is 500 g/mol. The van der Waals surface area contributed by atoms with E-state index >= 15 is 0 Å². The molecule has 3 N–H and O–H groups in total. The van der Waals surface area contributed by atoms with Crippen LogP contribution in [0.4, 0.5) is 0 Å². The first kappa shape index (κ1) is 27.7. The van der Waals surface area contributed by atoms with E-state index in [1.165, 1.54) is 27.7 Å². The van der Waals surface area contributed by atoms with Gasteiger partial charge in [0, 0.05) is 33.3 Å². The molecular weight excluding hydrogens is 462 g/mol. The maximum atomic E-state index is 11.6. The van der Waals surface area contributed by atoms with Gasteiger partial charge in [-0.05, 0) is 71.0 Å². The number of phenolic OH excluding ortho intramolecular Hbond substituents is 1. The number of aromatic hydroxyl groups is 1. The van der Waals surface area contributed by atoms with Crippen LogP contribution in [-0.4, -0.2) is 54.7 Å². The second-order valence-electron chi connectivity index (χ2n) is 9.07. The number of rotatable bonds is 11. The largest absolute Gasteiger partial charge is 0.508 e. The fourth-order valence-corrected chi connectivity index (χ4v) is 4.08. The Morgan fingerprint density at radius 1 is 0.973 bits per heavy atom. The molecule has 0 unspecified atom stereocenters. The van der Waals surface area contributed by atoms with Crippen LogP contribution in [0.1, 0.15) is 35.6 Å². The molecule has 3 aromatic carbocycles. The molecule has 6 heteroatoms. The summed E-state index contributed by atoms with van der Waals surface area (Å²) in [5.41, 5.74) is 6.95. The molecule has 0 aliphatic carbocycles. The van der Waals surface area contributed by atoms with Crippen LogP contribution >= 0.6 is 0 Å². The smallest absolute Gasteiger partial charge is 0.245 e. The normalized spacial score (nSPS) is 12.1. The van der Waals surface area contributed by atoms with Crippen LogP contribution in [0, 0.1) is 6.92 Å². The summed E-state index contributed by atoms with van der Waals surface area (Å²) >= 11 is 0. The lowest BCUT2D eigenvalue weighted by Crippen LogP contribution is -2.35. The van der Waals surface area contributed by atoms with Gasteiger partial charge in [-0.1, -0.05) is 61.5 Å². The zero-order valence-electron chi connectivity index (χ0n) is 22.1. The van der Waals surface area contributed by atoms with Crippen molar-refractivity contribution in [3.8, 4) is 11.5 Å². The molecule has 0 aromatic heterocycles. The van der Waals surface area contributed by atoms with Gasteiger partial charge in [-0.3, -0.25) is 10.6 Å². The van der Waals surface area contributed by atoms with E-state index in [2.05, 4.69) is 50.2 Å². The predicted molar refractivity (Wildman–Crippen MR) is 151 cm³/mol. The highest BCUT2D eigenvalue weighted by molar-refractivity contribution is 5.99. The maximum absolute atomic E-state index is 11.6. The number of benzene rings is 3. The van der Waals surface area contributed by atoms with E-state index in [1.807, 2.05) is 24.3 Å².